The summed E-state index contributed by atoms with van der Waals surface area (Å²) in [4.78, 5) is 16.6. The minimum absolute atomic E-state index is 0.0181. The van der Waals surface area contributed by atoms with E-state index in [1.807, 2.05) is 6.20 Å². The zero-order valence-corrected chi connectivity index (χ0v) is 11.0. The van der Waals surface area contributed by atoms with E-state index in [1.165, 1.54) is 18.4 Å². The van der Waals surface area contributed by atoms with E-state index in [4.69, 9.17) is 0 Å². The van der Waals surface area contributed by atoms with Crippen molar-refractivity contribution in [3.8, 4) is 0 Å². The monoisotopic (exact) mass is 257 g/mol. The number of H-pyrrole nitrogens is 1. The van der Waals surface area contributed by atoms with Crippen molar-refractivity contribution in [2.45, 2.75) is 25.4 Å². The maximum atomic E-state index is 11.5. The lowest BCUT2D eigenvalue weighted by atomic mass is 10.0. The third-order valence-corrected chi connectivity index (χ3v) is 3.90. The van der Waals surface area contributed by atoms with Gasteiger partial charge in [0.2, 0.25) is 0 Å². The lowest BCUT2D eigenvalue weighted by Gasteiger charge is -2.24. The summed E-state index contributed by atoms with van der Waals surface area (Å²) in [7, 11) is 0. The van der Waals surface area contributed by atoms with Gasteiger partial charge in [0.05, 0.1) is 0 Å². The van der Waals surface area contributed by atoms with Gasteiger partial charge in [-0.2, -0.15) is 0 Å². The Morgan fingerprint density at radius 2 is 2.05 bits per heavy atom. The van der Waals surface area contributed by atoms with Crippen LogP contribution in [0.3, 0.4) is 0 Å². The molecule has 2 heterocycles. The van der Waals surface area contributed by atoms with Crippen LogP contribution >= 0.6 is 0 Å². The van der Waals surface area contributed by atoms with Crippen LogP contribution in [0.5, 0.6) is 0 Å². The number of hydrogen-bond donors (Lipinski definition) is 1. The minimum Gasteiger partial charge on any atom is -0.313 e. The lowest BCUT2D eigenvalue weighted by molar-refractivity contribution is 0.246. The van der Waals surface area contributed by atoms with Gasteiger partial charge < -0.3 is 4.98 Å². The summed E-state index contributed by atoms with van der Waals surface area (Å²) < 4.78 is 1.74. The fourth-order valence-electron chi connectivity index (χ4n) is 2.91. The van der Waals surface area contributed by atoms with E-state index in [0.29, 0.717) is 6.04 Å². The van der Waals surface area contributed by atoms with Crippen molar-refractivity contribution in [2.75, 3.05) is 13.1 Å². The standard InChI is InChI=1S/C15H19N3O/c19-15-16-8-10-18(15)12-11-17-9-4-7-14(17)13-5-2-1-3-6-13/h1-3,5-6,8,10,14H,4,7,9,11-12H2,(H,16,19)/t14-/m1/s1. The van der Waals surface area contributed by atoms with E-state index in [0.717, 1.165) is 19.6 Å². The molecule has 1 aromatic heterocycles. The number of imidazole rings is 1. The molecular weight excluding hydrogens is 238 g/mol. The van der Waals surface area contributed by atoms with Gasteiger partial charge in [-0.3, -0.25) is 9.47 Å². The molecule has 1 aromatic carbocycles. The first-order valence-corrected chi connectivity index (χ1v) is 6.87. The van der Waals surface area contributed by atoms with E-state index in [1.54, 1.807) is 10.8 Å². The average molecular weight is 257 g/mol. The summed E-state index contributed by atoms with van der Waals surface area (Å²) in [6, 6.07) is 11.2. The van der Waals surface area contributed by atoms with Crippen LogP contribution in [0.1, 0.15) is 24.4 Å². The van der Waals surface area contributed by atoms with Crippen molar-refractivity contribution in [2.24, 2.45) is 0 Å². The Labute approximate surface area is 112 Å². The predicted octanol–water partition coefficient (Wildman–Crippen LogP) is 2.01. The molecule has 0 unspecified atom stereocenters. The summed E-state index contributed by atoms with van der Waals surface area (Å²) in [6.07, 6.45) is 5.96. The number of rotatable bonds is 4. The highest BCUT2D eigenvalue weighted by Gasteiger charge is 2.25. The molecule has 0 bridgehead atoms. The molecule has 1 atom stereocenters. The van der Waals surface area contributed by atoms with Gasteiger partial charge in [0.1, 0.15) is 0 Å². The van der Waals surface area contributed by atoms with Crippen molar-refractivity contribution in [1.82, 2.24) is 14.5 Å². The Hall–Kier alpha value is -1.81. The largest absolute Gasteiger partial charge is 0.325 e. The van der Waals surface area contributed by atoms with Crippen molar-refractivity contribution >= 4 is 0 Å². The molecule has 0 aliphatic carbocycles. The summed E-state index contributed by atoms with van der Waals surface area (Å²) in [5, 5.41) is 0. The molecule has 1 N–H and O–H groups in total. The molecule has 2 aromatic rings. The predicted molar refractivity (Wildman–Crippen MR) is 75.0 cm³/mol. The SMILES string of the molecule is O=c1[nH]ccn1CCN1CCC[C@@H]1c1ccccc1. The van der Waals surface area contributed by atoms with Crippen molar-refractivity contribution in [1.29, 1.82) is 0 Å². The molecule has 1 aliphatic heterocycles. The smallest absolute Gasteiger partial charge is 0.313 e. The van der Waals surface area contributed by atoms with Crippen LogP contribution in [0.2, 0.25) is 0 Å². The summed E-state index contributed by atoms with van der Waals surface area (Å²) in [5.74, 6) is 0. The fraction of sp³-hybridized carbons (Fsp3) is 0.400. The quantitative estimate of drug-likeness (QED) is 0.910. The average Bonchev–Trinajstić information content (AvgIpc) is 3.06. The Bertz CT molecular complexity index is 572. The van der Waals surface area contributed by atoms with Crippen LogP contribution in [0, 0.1) is 0 Å². The normalized spacial score (nSPS) is 19.9. The first kappa shape index (κ1) is 12.2. The number of likely N-dealkylation sites (tertiary alicyclic amines) is 1. The van der Waals surface area contributed by atoms with Crippen LogP contribution in [-0.2, 0) is 6.54 Å². The molecule has 0 spiro atoms. The zero-order valence-electron chi connectivity index (χ0n) is 11.0. The molecular formula is C15H19N3O. The highest BCUT2D eigenvalue weighted by molar-refractivity contribution is 5.19. The van der Waals surface area contributed by atoms with E-state index >= 15 is 0 Å². The van der Waals surface area contributed by atoms with E-state index in [2.05, 4.69) is 40.2 Å². The molecule has 1 aliphatic rings. The Morgan fingerprint density at radius 1 is 1.21 bits per heavy atom. The second-order valence-electron chi connectivity index (χ2n) is 5.06. The second-order valence-corrected chi connectivity index (χ2v) is 5.06. The van der Waals surface area contributed by atoms with Crippen LogP contribution in [0.4, 0.5) is 0 Å². The zero-order chi connectivity index (χ0) is 13.1. The van der Waals surface area contributed by atoms with E-state index in [-0.39, 0.29) is 5.69 Å². The van der Waals surface area contributed by atoms with Crippen molar-refractivity contribution < 1.29 is 0 Å². The van der Waals surface area contributed by atoms with Gasteiger partial charge in [0.25, 0.3) is 0 Å². The van der Waals surface area contributed by atoms with Crippen LogP contribution in [-0.4, -0.2) is 27.5 Å². The number of aromatic nitrogens is 2. The van der Waals surface area contributed by atoms with Gasteiger partial charge in [-0.1, -0.05) is 30.3 Å². The van der Waals surface area contributed by atoms with Gasteiger partial charge in [-0.05, 0) is 24.9 Å². The number of nitrogens with one attached hydrogen (secondary N) is 1. The summed E-state index contributed by atoms with van der Waals surface area (Å²) in [6.45, 7) is 2.81. The molecule has 1 saturated heterocycles. The Kier molecular flexibility index (Phi) is 3.51. The van der Waals surface area contributed by atoms with Crippen LogP contribution in [0.25, 0.3) is 0 Å². The van der Waals surface area contributed by atoms with Crippen LogP contribution in [0.15, 0.2) is 47.5 Å². The summed E-state index contributed by atoms with van der Waals surface area (Å²) >= 11 is 0. The molecule has 4 nitrogen and oxygen atoms in total. The third-order valence-electron chi connectivity index (χ3n) is 3.90. The second kappa shape index (κ2) is 5.45. The summed E-state index contributed by atoms with van der Waals surface area (Å²) in [5.41, 5.74) is 1.37. The van der Waals surface area contributed by atoms with Crippen molar-refractivity contribution in [3.63, 3.8) is 0 Å². The number of benzene rings is 1. The van der Waals surface area contributed by atoms with Gasteiger partial charge in [0.15, 0.2) is 0 Å². The highest BCUT2D eigenvalue weighted by atomic mass is 16.1. The molecule has 1 fully saturated rings. The third kappa shape index (κ3) is 2.63. The Morgan fingerprint density at radius 3 is 2.79 bits per heavy atom. The molecule has 3 rings (SSSR count). The molecule has 0 saturated carbocycles. The van der Waals surface area contributed by atoms with Crippen molar-refractivity contribution in [3.05, 3.63) is 58.8 Å². The molecule has 0 amide bonds. The molecule has 4 heteroatoms. The molecule has 100 valence electrons. The van der Waals surface area contributed by atoms with Gasteiger partial charge in [-0.25, -0.2) is 4.79 Å². The van der Waals surface area contributed by atoms with E-state index in [9.17, 15) is 4.79 Å². The lowest BCUT2D eigenvalue weighted by Crippen LogP contribution is -2.29. The Balaban J connectivity index is 1.67. The maximum Gasteiger partial charge on any atom is 0.325 e. The minimum atomic E-state index is -0.0181. The fourth-order valence-corrected chi connectivity index (χ4v) is 2.91. The van der Waals surface area contributed by atoms with Crippen LogP contribution < -0.4 is 5.69 Å². The first-order chi connectivity index (χ1) is 9.34. The molecule has 19 heavy (non-hydrogen) atoms. The number of nitrogens with zero attached hydrogens (tertiary/aromatic N) is 2. The topological polar surface area (TPSA) is 41.0 Å². The first-order valence-electron chi connectivity index (χ1n) is 6.87. The maximum absolute atomic E-state index is 11.5. The van der Waals surface area contributed by atoms with Gasteiger partial charge >= 0.3 is 5.69 Å². The molecule has 0 radical (unpaired) electrons. The van der Waals surface area contributed by atoms with Gasteiger partial charge in [-0.15, -0.1) is 0 Å². The number of hydrogen-bond acceptors (Lipinski definition) is 2. The van der Waals surface area contributed by atoms with E-state index < -0.39 is 0 Å². The highest BCUT2D eigenvalue weighted by Crippen LogP contribution is 2.31. The van der Waals surface area contributed by atoms with Gasteiger partial charge in [0, 0.05) is 31.5 Å². The number of aromatic amines is 1.